The number of fused-ring (bicyclic) bond motifs is 1. The predicted molar refractivity (Wildman–Crippen MR) is 92.4 cm³/mol. The Bertz CT molecular complexity index is 832. The maximum Gasteiger partial charge on any atom is 0.340 e. The molecule has 2 N–H and O–H groups in total. The minimum Gasteiger partial charge on any atom is -0.462 e. The molecule has 6 nitrogen and oxygen atoms in total. The molecule has 2 aromatic rings. The summed E-state index contributed by atoms with van der Waals surface area (Å²) >= 11 is 0. The van der Waals surface area contributed by atoms with Crippen molar-refractivity contribution in [3.63, 3.8) is 0 Å². The van der Waals surface area contributed by atoms with E-state index in [0.717, 1.165) is 5.56 Å². The molecule has 0 saturated carbocycles. The van der Waals surface area contributed by atoms with E-state index in [4.69, 9.17) is 4.74 Å². The van der Waals surface area contributed by atoms with Crippen molar-refractivity contribution in [2.75, 3.05) is 11.9 Å². The normalized spacial score (nSPS) is 15.7. The van der Waals surface area contributed by atoms with Crippen molar-refractivity contribution in [2.45, 2.75) is 19.4 Å². The van der Waals surface area contributed by atoms with Gasteiger partial charge in [-0.2, -0.15) is 0 Å². The Balaban J connectivity index is 1.78. The van der Waals surface area contributed by atoms with Gasteiger partial charge < -0.3 is 15.4 Å². The summed E-state index contributed by atoms with van der Waals surface area (Å²) in [5.41, 5.74) is 2.04. The van der Waals surface area contributed by atoms with Gasteiger partial charge in [0.15, 0.2) is 0 Å². The van der Waals surface area contributed by atoms with Crippen LogP contribution in [0.15, 0.2) is 48.5 Å². The molecule has 3 rings (SSSR count). The summed E-state index contributed by atoms with van der Waals surface area (Å²) in [7, 11) is 0. The molecule has 0 radical (unpaired) electrons. The largest absolute Gasteiger partial charge is 0.462 e. The molecule has 1 aliphatic heterocycles. The maximum atomic E-state index is 12.6. The van der Waals surface area contributed by atoms with E-state index >= 15 is 0 Å². The number of anilines is 1. The number of amides is 2. The van der Waals surface area contributed by atoms with Crippen LogP contribution in [-0.2, 0) is 16.0 Å². The zero-order valence-electron chi connectivity index (χ0n) is 13.7. The van der Waals surface area contributed by atoms with E-state index < -0.39 is 12.0 Å². The van der Waals surface area contributed by atoms with Crippen LogP contribution in [0.4, 0.5) is 5.69 Å². The van der Waals surface area contributed by atoms with Gasteiger partial charge in [-0.05, 0) is 30.7 Å². The quantitative estimate of drug-likeness (QED) is 0.837. The third-order valence-corrected chi connectivity index (χ3v) is 3.99. The third-order valence-electron chi connectivity index (χ3n) is 3.99. The molecule has 1 unspecified atom stereocenters. The number of carbonyl (C=O) groups is 3. The van der Waals surface area contributed by atoms with Crippen molar-refractivity contribution in [3.8, 4) is 0 Å². The minimum absolute atomic E-state index is 0.247. The van der Waals surface area contributed by atoms with Crippen molar-refractivity contribution in [1.29, 1.82) is 0 Å². The lowest BCUT2D eigenvalue weighted by Crippen LogP contribution is -2.48. The van der Waals surface area contributed by atoms with Gasteiger partial charge in [-0.3, -0.25) is 9.59 Å². The van der Waals surface area contributed by atoms with Gasteiger partial charge in [-0.1, -0.05) is 30.3 Å². The zero-order valence-corrected chi connectivity index (χ0v) is 13.7. The second kappa shape index (κ2) is 7.17. The first kappa shape index (κ1) is 16.7. The zero-order chi connectivity index (χ0) is 17.8. The smallest absolute Gasteiger partial charge is 0.340 e. The molecule has 0 aliphatic carbocycles. The molecule has 2 aromatic carbocycles. The van der Waals surface area contributed by atoms with Gasteiger partial charge >= 0.3 is 5.97 Å². The lowest BCUT2D eigenvalue weighted by atomic mass is 9.95. The molecule has 0 fully saturated rings. The van der Waals surface area contributed by atoms with Gasteiger partial charge in [0.25, 0.3) is 5.91 Å². The SMILES string of the molecule is CCOC(=O)c1ccccc1NC(=O)C1Cc2ccccc2C(=O)N1. The number of ether oxygens (including phenoxy) is 1. The lowest BCUT2D eigenvalue weighted by molar-refractivity contribution is -0.118. The van der Waals surface area contributed by atoms with Gasteiger partial charge in [0.1, 0.15) is 6.04 Å². The average Bonchev–Trinajstić information content (AvgIpc) is 2.62. The number of benzene rings is 2. The van der Waals surface area contributed by atoms with Gasteiger partial charge in [0.05, 0.1) is 17.9 Å². The monoisotopic (exact) mass is 338 g/mol. The molecule has 0 spiro atoms. The average molecular weight is 338 g/mol. The lowest BCUT2D eigenvalue weighted by Gasteiger charge is -2.25. The van der Waals surface area contributed by atoms with Gasteiger partial charge in [-0.15, -0.1) is 0 Å². The van der Waals surface area contributed by atoms with Crippen LogP contribution < -0.4 is 10.6 Å². The van der Waals surface area contributed by atoms with E-state index in [0.29, 0.717) is 17.7 Å². The molecule has 1 aliphatic rings. The summed E-state index contributed by atoms with van der Waals surface area (Å²) in [6.45, 7) is 1.96. The molecule has 2 amide bonds. The van der Waals surface area contributed by atoms with E-state index in [1.54, 1.807) is 43.3 Å². The Hall–Kier alpha value is -3.15. The summed E-state index contributed by atoms with van der Waals surface area (Å²) in [6.07, 6.45) is 0.398. The first-order valence-corrected chi connectivity index (χ1v) is 8.06. The van der Waals surface area contributed by atoms with Crippen LogP contribution in [0, 0.1) is 0 Å². The van der Waals surface area contributed by atoms with E-state index in [-0.39, 0.29) is 24.0 Å². The van der Waals surface area contributed by atoms with E-state index in [9.17, 15) is 14.4 Å². The Morgan fingerprint density at radius 1 is 1.16 bits per heavy atom. The highest BCUT2D eigenvalue weighted by Gasteiger charge is 2.29. The number of hydrogen-bond acceptors (Lipinski definition) is 4. The van der Waals surface area contributed by atoms with E-state index in [1.807, 2.05) is 12.1 Å². The van der Waals surface area contributed by atoms with Crippen molar-refractivity contribution >= 4 is 23.5 Å². The second-order valence-electron chi connectivity index (χ2n) is 5.64. The molecule has 128 valence electrons. The predicted octanol–water partition coefficient (Wildman–Crippen LogP) is 2.16. The van der Waals surface area contributed by atoms with Crippen LogP contribution in [0.3, 0.4) is 0 Å². The minimum atomic E-state index is -0.697. The van der Waals surface area contributed by atoms with Crippen LogP contribution in [0.1, 0.15) is 33.2 Å². The summed E-state index contributed by atoms with van der Waals surface area (Å²) in [5, 5.41) is 5.42. The molecule has 1 heterocycles. The summed E-state index contributed by atoms with van der Waals surface area (Å²) in [5.74, 6) is -1.16. The standard InChI is InChI=1S/C19H18N2O4/c1-2-25-19(24)14-9-5-6-10-15(14)20-18(23)16-11-12-7-3-4-8-13(12)17(22)21-16/h3-10,16H,2,11H2,1H3,(H,20,23)(H,21,22). The van der Waals surface area contributed by atoms with E-state index in [2.05, 4.69) is 10.6 Å². The fourth-order valence-electron chi connectivity index (χ4n) is 2.78. The van der Waals surface area contributed by atoms with Crippen molar-refractivity contribution in [1.82, 2.24) is 5.32 Å². The number of nitrogens with one attached hydrogen (secondary N) is 2. The highest BCUT2D eigenvalue weighted by atomic mass is 16.5. The topological polar surface area (TPSA) is 84.5 Å². The Labute approximate surface area is 145 Å². The summed E-state index contributed by atoms with van der Waals surface area (Å²) in [4.78, 5) is 36.7. The molecule has 0 saturated heterocycles. The van der Waals surface area contributed by atoms with E-state index in [1.165, 1.54) is 0 Å². The number of hydrogen-bond donors (Lipinski definition) is 2. The number of esters is 1. The maximum absolute atomic E-state index is 12.6. The van der Waals surface area contributed by atoms with Crippen LogP contribution in [-0.4, -0.2) is 30.4 Å². The van der Waals surface area contributed by atoms with Gasteiger partial charge in [0, 0.05) is 12.0 Å². The van der Waals surface area contributed by atoms with Gasteiger partial charge in [-0.25, -0.2) is 4.79 Å². The Morgan fingerprint density at radius 2 is 1.88 bits per heavy atom. The molecule has 1 atom stereocenters. The molecular weight excluding hydrogens is 320 g/mol. The first-order valence-electron chi connectivity index (χ1n) is 8.06. The van der Waals surface area contributed by atoms with Gasteiger partial charge in [0.2, 0.25) is 5.91 Å². The number of rotatable bonds is 4. The number of carbonyl (C=O) groups excluding carboxylic acids is 3. The van der Waals surface area contributed by atoms with Crippen LogP contribution >= 0.6 is 0 Å². The van der Waals surface area contributed by atoms with Crippen LogP contribution in [0.25, 0.3) is 0 Å². The molecule has 0 bridgehead atoms. The fraction of sp³-hybridized carbons (Fsp3) is 0.211. The molecule has 0 aromatic heterocycles. The van der Waals surface area contributed by atoms with Crippen LogP contribution in [0.2, 0.25) is 0 Å². The second-order valence-corrected chi connectivity index (χ2v) is 5.64. The number of para-hydroxylation sites is 1. The van der Waals surface area contributed by atoms with Crippen molar-refractivity contribution < 1.29 is 19.1 Å². The third kappa shape index (κ3) is 3.52. The highest BCUT2D eigenvalue weighted by Crippen LogP contribution is 2.20. The molecule has 25 heavy (non-hydrogen) atoms. The molecule has 6 heteroatoms. The Morgan fingerprint density at radius 3 is 2.68 bits per heavy atom. The fourth-order valence-corrected chi connectivity index (χ4v) is 2.78. The molecular formula is C19H18N2O4. The van der Waals surface area contributed by atoms with Crippen LogP contribution in [0.5, 0.6) is 0 Å². The summed E-state index contributed by atoms with van der Waals surface area (Å²) in [6, 6.07) is 13.1. The first-order chi connectivity index (χ1) is 12.1. The highest BCUT2D eigenvalue weighted by molar-refractivity contribution is 6.06. The van der Waals surface area contributed by atoms with Crippen molar-refractivity contribution in [2.24, 2.45) is 0 Å². The van der Waals surface area contributed by atoms with Crippen molar-refractivity contribution in [3.05, 3.63) is 65.2 Å². The summed E-state index contributed by atoms with van der Waals surface area (Å²) < 4.78 is 5.00. The Kier molecular flexibility index (Phi) is 4.79.